The lowest BCUT2D eigenvalue weighted by Crippen LogP contribution is -2.23. The number of rotatable bonds is 4. The standard InChI is InChI=1S/C12H18N2OS2/c1-9-5-11(12(15-2)7-13-9)14-6-10-8-16-3-4-17-10/h5,7,10H,3-4,6,8H2,1-2H3,(H,13,14). The van der Waals surface area contributed by atoms with Gasteiger partial charge in [0.1, 0.15) is 0 Å². The van der Waals surface area contributed by atoms with Crippen LogP contribution >= 0.6 is 23.5 Å². The van der Waals surface area contributed by atoms with Gasteiger partial charge in [0, 0.05) is 34.7 Å². The molecule has 1 fully saturated rings. The Morgan fingerprint density at radius 1 is 1.53 bits per heavy atom. The Balaban J connectivity index is 1.95. The first-order valence-electron chi connectivity index (χ1n) is 5.73. The second-order valence-electron chi connectivity index (χ2n) is 3.97. The monoisotopic (exact) mass is 270 g/mol. The van der Waals surface area contributed by atoms with Crippen molar-refractivity contribution in [2.75, 3.05) is 36.2 Å². The Labute approximate surface area is 111 Å². The highest BCUT2D eigenvalue weighted by Crippen LogP contribution is 2.27. The molecule has 2 rings (SSSR count). The van der Waals surface area contributed by atoms with Gasteiger partial charge in [0.2, 0.25) is 0 Å². The summed E-state index contributed by atoms with van der Waals surface area (Å²) in [4.78, 5) is 4.23. The van der Waals surface area contributed by atoms with E-state index in [1.54, 1.807) is 13.3 Å². The van der Waals surface area contributed by atoms with Gasteiger partial charge in [-0.05, 0) is 13.0 Å². The lowest BCUT2D eigenvalue weighted by Gasteiger charge is -2.22. The summed E-state index contributed by atoms with van der Waals surface area (Å²) >= 11 is 4.11. The molecule has 0 saturated carbocycles. The van der Waals surface area contributed by atoms with Gasteiger partial charge in [-0.1, -0.05) is 0 Å². The summed E-state index contributed by atoms with van der Waals surface area (Å²) in [5.74, 6) is 4.62. The van der Waals surface area contributed by atoms with Crippen molar-refractivity contribution in [1.82, 2.24) is 4.98 Å². The molecule has 0 aromatic carbocycles. The van der Waals surface area contributed by atoms with Crippen molar-refractivity contribution in [2.45, 2.75) is 12.2 Å². The van der Waals surface area contributed by atoms with Crippen LogP contribution in [0.15, 0.2) is 12.3 Å². The molecule has 0 radical (unpaired) electrons. The zero-order chi connectivity index (χ0) is 12.1. The van der Waals surface area contributed by atoms with Gasteiger partial charge >= 0.3 is 0 Å². The number of methoxy groups -OCH3 is 1. The largest absolute Gasteiger partial charge is 0.493 e. The summed E-state index contributed by atoms with van der Waals surface area (Å²) in [6.07, 6.45) is 1.78. The van der Waals surface area contributed by atoms with Crippen LogP contribution in [0.2, 0.25) is 0 Å². The van der Waals surface area contributed by atoms with E-state index in [1.165, 1.54) is 17.3 Å². The van der Waals surface area contributed by atoms with Crippen molar-refractivity contribution in [1.29, 1.82) is 0 Å². The minimum Gasteiger partial charge on any atom is -0.493 e. The number of pyridine rings is 1. The van der Waals surface area contributed by atoms with Gasteiger partial charge < -0.3 is 10.1 Å². The van der Waals surface area contributed by atoms with Gasteiger partial charge in [-0.15, -0.1) is 0 Å². The first kappa shape index (κ1) is 12.9. The normalized spacial score (nSPS) is 20.0. The molecule has 0 spiro atoms. The zero-order valence-corrected chi connectivity index (χ0v) is 11.9. The van der Waals surface area contributed by atoms with Crippen LogP contribution in [0.3, 0.4) is 0 Å². The topological polar surface area (TPSA) is 34.1 Å². The van der Waals surface area contributed by atoms with Gasteiger partial charge in [-0.3, -0.25) is 4.98 Å². The highest BCUT2D eigenvalue weighted by molar-refractivity contribution is 8.06. The van der Waals surface area contributed by atoms with Gasteiger partial charge in [0.15, 0.2) is 5.75 Å². The molecule has 1 saturated heterocycles. The fourth-order valence-electron chi connectivity index (χ4n) is 1.73. The van der Waals surface area contributed by atoms with Crippen LogP contribution in [-0.4, -0.2) is 41.1 Å². The summed E-state index contributed by atoms with van der Waals surface area (Å²) in [6.45, 7) is 2.99. The number of nitrogens with zero attached hydrogens (tertiary/aromatic N) is 1. The molecule has 3 nitrogen and oxygen atoms in total. The average Bonchev–Trinajstić information content (AvgIpc) is 2.38. The Morgan fingerprint density at radius 2 is 2.41 bits per heavy atom. The molecular weight excluding hydrogens is 252 g/mol. The Kier molecular flexibility index (Phi) is 4.86. The Hall–Kier alpha value is -0.550. The van der Waals surface area contributed by atoms with Crippen LogP contribution < -0.4 is 10.1 Å². The van der Waals surface area contributed by atoms with Crippen LogP contribution in [0.1, 0.15) is 5.69 Å². The molecule has 0 aliphatic carbocycles. The number of nitrogens with one attached hydrogen (secondary N) is 1. The van der Waals surface area contributed by atoms with Crippen LogP contribution in [0.5, 0.6) is 5.75 Å². The van der Waals surface area contributed by atoms with Crippen LogP contribution in [0.4, 0.5) is 5.69 Å². The van der Waals surface area contributed by atoms with E-state index in [0.717, 1.165) is 23.7 Å². The maximum atomic E-state index is 5.30. The maximum Gasteiger partial charge on any atom is 0.160 e. The third-order valence-corrected chi connectivity index (χ3v) is 5.47. The van der Waals surface area contributed by atoms with E-state index in [2.05, 4.69) is 22.1 Å². The van der Waals surface area contributed by atoms with E-state index in [1.807, 2.05) is 24.8 Å². The lowest BCUT2D eigenvalue weighted by atomic mass is 10.3. The van der Waals surface area contributed by atoms with Gasteiger partial charge in [-0.2, -0.15) is 23.5 Å². The second-order valence-corrected chi connectivity index (χ2v) is 6.53. The predicted octanol–water partition coefficient (Wildman–Crippen LogP) is 2.66. The summed E-state index contributed by atoms with van der Waals surface area (Å²) in [7, 11) is 1.68. The number of thioether (sulfide) groups is 2. The fraction of sp³-hybridized carbons (Fsp3) is 0.583. The molecule has 1 aromatic heterocycles. The molecule has 0 bridgehead atoms. The fourth-order valence-corrected chi connectivity index (χ4v) is 4.34. The van der Waals surface area contributed by atoms with Crippen molar-refractivity contribution < 1.29 is 4.74 Å². The van der Waals surface area contributed by atoms with Gasteiger partial charge in [0.05, 0.1) is 19.0 Å². The number of hydrogen-bond donors (Lipinski definition) is 1. The van der Waals surface area contributed by atoms with Gasteiger partial charge in [-0.25, -0.2) is 0 Å². The first-order valence-corrected chi connectivity index (χ1v) is 7.94. The van der Waals surface area contributed by atoms with E-state index in [-0.39, 0.29) is 0 Å². The lowest BCUT2D eigenvalue weighted by molar-refractivity contribution is 0.414. The first-order chi connectivity index (χ1) is 8.29. The molecule has 5 heteroatoms. The minimum atomic E-state index is 0.701. The molecule has 0 amide bonds. The maximum absolute atomic E-state index is 5.30. The highest BCUT2D eigenvalue weighted by atomic mass is 32.2. The molecule has 1 atom stereocenters. The molecule has 1 unspecified atom stereocenters. The van der Waals surface area contributed by atoms with E-state index < -0.39 is 0 Å². The van der Waals surface area contributed by atoms with Crippen molar-refractivity contribution >= 4 is 29.2 Å². The van der Waals surface area contributed by atoms with Crippen molar-refractivity contribution in [2.24, 2.45) is 0 Å². The molecule has 1 aliphatic heterocycles. The van der Waals surface area contributed by atoms with E-state index in [0.29, 0.717) is 5.25 Å². The smallest absolute Gasteiger partial charge is 0.160 e. The third-order valence-electron chi connectivity index (χ3n) is 2.63. The summed E-state index contributed by atoms with van der Waals surface area (Å²) in [5, 5.41) is 4.18. The summed E-state index contributed by atoms with van der Waals surface area (Å²) < 4.78 is 5.30. The highest BCUT2D eigenvalue weighted by Gasteiger charge is 2.14. The zero-order valence-electron chi connectivity index (χ0n) is 10.2. The van der Waals surface area contributed by atoms with E-state index in [4.69, 9.17) is 4.74 Å². The van der Waals surface area contributed by atoms with Crippen LogP contribution in [0, 0.1) is 6.92 Å². The average molecular weight is 270 g/mol. The predicted molar refractivity (Wildman–Crippen MR) is 77.6 cm³/mol. The molecule has 1 aromatic rings. The van der Waals surface area contributed by atoms with Crippen molar-refractivity contribution in [3.8, 4) is 5.75 Å². The Bertz CT molecular complexity index is 368. The molecular formula is C12H18N2OS2. The second kappa shape index (κ2) is 6.40. The SMILES string of the molecule is COc1cnc(C)cc1NCC1CSCCS1. The molecule has 1 aliphatic rings. The third kappa shape index (κ3) is 3.71. The number of hydrogen-bond acceptors (Lipinski definition) is 5. The molecule has 1 N–H and O–H groups in total. The Morgan fingerprint density at radius 3 is 3.12 bits per heavy atom. The minimum absolute atomic E-state index is 0.701. The molecule has 94 valence electrons. The number of aromatic nitrogens is 1. The van der Waals surface area contributed by atoms with E-state index in [9.17, 15) is 0 Å². The van der Waals surface area contributed by atoms with Gasteiger partial charge in [0.25, 0.3) is 0 Å². The number of anilines is 1. The molecule has 2 heterocycles. The van der Waals surface area contributed by atoms with Crippen LogP contribution in [0.25, 0.3) is 0 Å². The summed E-state index contributed by atoms with van der Waals surface area (Å²) in [5.41, 5.74) is 2.06. The van der Waals surface area contributed by atoms with E-state index >= 15 is 0 Å². The number of ether oxygens (including phenoxy) is 1. The van der Waals surface area contributed by atoms with Crippen molar-refractivity contribution in [3.05, 3.63) is 18.0 Å². The van der Waals surface area contributed by atoms with Crippen molar-refractivity contribution in [3.63, 3.8) is 0 Å². The number of aryl methyl sites for hydroxylation is 1. The molecule has 17 heavy (non-hydrogen) atoms. The quantitative estimate of drug-likeness (QED) is 0.910. The summed E-state index contributed by atoms with van der Waals surface area (Å²) in [6, 6.07) is 2.04. The van der Waals surface area contributed by atoms with Crippen LogP contribution in [-0.2, 0) is 0 Å².